The van der Waals surface area contributed by atoms with Gasteiger partial charge < -0.3 is 19.1 Å². The lowest BCUT2D eigenvalue weighted by atomic mass is 10.1. The number of hydrogen-bond donors (Lipinski definition) is 0. The third-order valence-electron chi connectivity index (χ3n) is 4.95. The smallest absolute Gasteiger partial charge is 0.410 e. The minimum absolute atomic E-state index is 0.168. The maximum atomic E-state index is 14.8. The van der Waals surface area contributed by atoms with Gasteiger partial charge in [0.2, 0.25) is 11.7 Å². The fourth-order valence-electron chi connectivity index (χ4n) is 3.09. The van der Waals surface area contributed by atoms with Crippen LogP contribution in [0.3, 0.4) is 0 Å². The summed E-state index contributed by atoms with van der Waals surface area (Å²) in [4.78, 5) is 20.2. The molecular formula is C21H29FN4O3. The van der Waals surface area contributed by atoms with Crippen molar-refractivity contribution in [3.63, 3.8) is 0 Å². The number of ether oxygens (including phenoxy) is 1. The SMILES string of the molecule is CCC(C)c1nc(-c2ccc(N3CCN(C(=O)OC(C)(C)C)CC3)c(F)c2)no1. The number of anilines is 1. The van der Waals surface area contributed by atoms with E-state index in [4.69, 9.17) is 9.26 Å². The highest BCUT2D eigenvalue weighted by Crippen LogP contribution is 2.27. The van der Waals surface area contributed by atoms with Gasteiger partial charge in [-0.05, 0) is 45.4 Å². The lowest BCUT2D eigenvalue weighted by molar-refractivity contribution is 0.0240. The molecule has 158 valence electrons. The molecule has 2 aromatic rings. The molecule has 3 rings (SSSR count). The molecule has 0 radical (unpaired) electrons. The number of rotatable bonds is 4. The lowest BCUT2D eigenvalue weighted by Crippen LogP contribution is -2.50. The van der Waals surface area contributed by atoms with Crippen LogP contribution in [-0.2, 0) is 4.74 Å². The monoisotopic (exact) mass is 404 g/mol. The quantitative estimate of drug-likeness (QED) is 0.750. The highest BCUT2D eigenvalue weighted by Gasteiger charge is 2.27. The summed E-state index contributed by atoms with van der Waals surface area (Å²) in [6, 6.07) is 4.96. The van der Waals surface area contributed by atoms with Crippen molar-refractivity contribution in [3.05, 3.63) is 29.9 Å². The number of nitrogens with zero attached hydrogens (tertiary/aromatic N) is 4. The number of carbonyl (C=O) groups excluding carboxylic acids is 1. The third kappa shape index (κ3) is 5.05. The van der Waals surface area contributed by atoms with Gasteiger partial charge in [-0.3, -0.25) is 0 Å². The predicted molar refractivity (Wildman–Crippen MR) is 108 cm³/mol. The summed E-state index contributed by atoms with van der Waals surface area (Å²) in [5.41, 5.74) is 0.556. The van der Waals surface area contributed by atoms with Crippen LogP contribution in [-0.4, -0.2) is 52.9 Å². The van der Waals surface area contributed by atoms with E-state index in [2.05, 4.69) is 10.1 Å². The minimum Gasteiger partial charge on any atom is -0.444 e. The van der Waals surface area contributed by atoms with E-state index in [-0.39, 0.29) is 17.8 Å². The zero-order chi connectivity index (χ0) is 21.2. The van der Waals surface area contributed by atoms with Gasteiger partial charge in [-0.1, -0.05) is 19.0 Å². The average Bonchev–Trinajstić information content (AvgIpc) is 3.16. The van der Waals surface area contributed by atoms with Gasteiger partial charge in [0, 0.05) is 37.7 Å². The van der Waals surface area contributed by atoms with Gasteiger partial charge in [-0.2, -0.15) is 4.98 Å². The number of piperazine rings is 1. The third-order valence-corrected chi connectivity index (χ3v) is 4.95. The molecule has 1 unspecified atom stereocenters. The molecule has 1 amide bonds. The Kier molecular flexibility index (Phi) is 6.10. The summed E-state index contributed by atoms with van der Waals surface area (Å²) in [7, 11) is 0. The van der Waals surface area contributed by atoms with Crippen LogP contribution < -0.4 is 4.90 Å². The highest BCUT2D eigenvalue weighted by atomic mass is 19.1. The van der Waals surface area contributed by atoms with Crippen LogP contribution in [0.2, 0.25) is 0 Å². The van der Waals surface area contributed by atoms with Crippen molar-refractivity contribution < 1.29 is 18.4 Å². The van der Waals surface area contributed by atoms with Crippen molar-refractivity contribution in [1.29, 1.82) is 0 Å². The van der Waals surface area contributed by atoms with Gasteiger partial charge >= 0.3 is 6.09 Å². The molecule has 1 aliphatic rings. The largest absolute Gasteiger partial charge is 0.444 e. The second-order valence-electron chi connectivity index (χ2n) is 8.39. The predicted octanol–water partition coefficient (Wildman–Crippen LogP) is 4.45. The zero-order valence-electron chi connectivity index (χ0n) is 17.7. The van der Waals surface area contributed by atoms with Crippen molar-refractivity contribution in [2.45, 2.75) is 52.6 Å². The number of halogens is 1. The summed E-state index contributed by atoms with van der Waals surface area (Å²) in [5, 5.41) is 3.97. The van der Waals surface area contributed by atoms with E-state index in [1.165, 1.54) is 6.07 Å². The fourth-order valence-corrected chi connectivity index (χ4v) is 3.09. The normalized spacial score (nSPS) is 16.1. The summed E-state index contributed by atoms with van der Waals surface area (Å²) < 4.78 is 25.5. The lowest BCUT2D eigenvalue weighted by Gasteiger charge is -2.36. The molecule has 0 aliphatic carbocycles. The molecular weight excluding hydrogens is 375 g/mol. The first-order chi connectivity index (χ1) is 13.7. The molecule has 0 saturated carbocycles. The summed E-state index contributed by atoms with van der Waals surface area (Å²) in [6.45, 7) is 11.6. The second kappa shape index (κ2) is 8.39. The van der Waals surface area contributed by atoms with Crippen LogP contribution in [0.15, 0.2) is 22.7 Å². The van der Waals surface area contributed by atoms with E-state index in [1.807, 2.05) is 39.5 Å². The van der Waals surface area contributed by atoms with Crippen molar-refractivity contribution in [2.24, 2.45) is 0 Å². The summed E-state index contributed by atoms with van der Waals surface area (Å²) in [5.74, 6) is 0.774. The molecule has 1 atom stereocenters. The number of carbonyl (C=O) groups is 1. The standard InChI is InChI=1S/C21H29FN4O3/c1-6-14(2)19-23-18(24-29-19)15-7-8-17(16(22)13-15)25-9-11-26(12-10-25)20(27)28-21(3,4)5/h7-8,13-14H,6,9-12H2,1-5H3. The molecule has 1 aromatic heterocycles. The van der Waals surface area contributed by atoms with Crippen molar-refractivity contribution >= 4 is 11.8 Å². The van der Waals surface area contributed by atoms with Crippen LogP contribution in [0.5, 0.6) is 0 Å². The highest BCUT2D eigenvalue weighted by molar-refractivity contribution is 5.69. The molecule has 0 spiro atoms. The minimum atomic E-state index is -0.528. The van der Waals surface area contributed by atoms with Gasteiger partial charge in [0.05, 0.1) is 5.69 Å². The maximum absolute atomic E-state index is 14.8. The molecule has 29 heavy (non-hydrogen) atoms. The average molecular weight is 404 g/mol. The fraction of sp³-hybridized carbons (Fsp3) is 0.571. The van der Waals surface area contributed by atoms with E-state index >= 15 is 0 Å². The Morgan fingerprint density at radius 1 is 1.28 bits per heavy atom. The molecule has 0 bridgehead atoms. The Balaban J connectivity index is 1.66. The van der Waals surface area contributed by atoms with Crippen molar-refractivity contribution in [2.75, 3.05) is 31.1 Å². The van der Waals surface area contributed by atoms with Crippen LogP contribution in [0, 0.1) is 5.82 Å². The molecule has 2 heterocycles. The Hall–Kier alpha value is -2.64. The van der Waals surface area contributed by atoms with E-state index in [0.717, 1.165) is 6.42 Å². The topological polar surface area (TPSA) is 71.7 Å². The molecule has 1 fully saturated rings. The van der Waals surface area contributed by atoms with Crippen molar-refractivity contribution in [1.82, 2.24) is 15.0 Å². The van der Waals surface area contributed by atoms with Gasteiger partial charge in [0.25, 0.3) is 0 Å². The Bertz CT molecular complexity index is 854. The number of benzene rings is 1. The molecule has 8 heteroatoms. The van der Waals surface area contributed by atoms with Gasteiger partial charge in [-0.15, -0.1) is 0 Å². The Labute approximate surface area is 170 Å². The first-order valence-corrected chi connectivity index (χ1v) is 10.0. The molecule has 1 aliphatic heterocycles. The van der Waals surface area contributed by atoms with E-state index in [1.54, 1.807) is 17.0 Å². The molecule has 7 nitrogen and oxygen atoms in total. The van der Waals surface area contributed by atoms with E-state index in [9.17, 15) is 9.18 Å². The van der Waals surface area contributed by atoms with Gasteiger partial charge in [0.15, 0.2) is 0 Å². The van der Waals surface area contributed by atoms with E-state index < -0.39 is 5.60 Å². The first kappa shape index (κ1) is 21.1. The molecule has 0 N–H and O–H groups in total. The first-order valence-electron chi connectivity index (χ1n) is 10.0. The Morgan fingerprint density at radius 3 is 2.55 bits per heavy atom. The van der Waals surface area contributed by atoms with Crippen LogP contribution >= 0.6 is 0 Å². The number of hydrogen-bond acceptors (Lipinski definition) is 6. The molecule has 1 aromatic carbocycles. The van der Waals surface area contributed by atoms with Crippen LogP contribution in [0.4, 0.5) is 14.9 Å². The molecule has 1 saturated heterocycles. The second-order valence-corrected chi connectivity index (χ2v) is 8.39. The zero-order valence-corrected chi connectivity index (χ0v) is 17.7. The van der Waals surface area contributed by atoms with Crippen LogP contribution in [0.25, 0.3) is 11.4 Å². The van der Waals surface area contributed by atoms with Crippen molar-refractivity contribution in [3.8, 4) is 11.4 Å². The van der Waals surface area contributed by atoms with Crippen LogP contribution in [0.1, 0.15) is 52.8 Å². The number of amides is 1. The van der Waals surface area contributed by atoms with E-state index in [0.29, 0.717) is 49.1 Å². The maximum Gasteiger partial charge on any atom is 0.410 e. The van der Waals surface area contributed by atoms with Gasteiger partial charge in [-0.25, -0.2) is 9.18 Å². The number of aromatic nitrogens is 2. The summed E-state index contributed by atoms with van der Waals surface area (Å²) in [6.07, 6.45) is 0.562. The summed E-state index contributed by atoms with van der Waals surface area (Å²) >= 11 is 0. The Morgan fingerprint density at radius 2 is 1.97 bits per heavy atom. The van der Waals surface area contributed by atoms with Gasteiger partial charge in [0.1, 0.15) is 11.4 Å².